The third-order valence-electron chi connectivity index (χ3n) is 7.30. The molecular formula is C58H26S2Sn2. The van der Waals surface area contributed by atoms with Crippen LogP contribution in [0.25, 0.3) is 21.4 Å². The van der Waals surface area contributed by atoms with Crippen molar-refractivity contribution in [3.05, 3.63) is 58.1 Å². The molecule has 278 valence electrons. The van der Waals surface area contributed by atoms with Crippen LogP contribution in [0.4, 0.5) is 0 Å². The van der Waals surface area contributed by atoms with Gasteiger partial charge in [-0.05, 0) is 154 Å². The molecule has 1 aliphatic rings. The zero-order valence-corrected chi connectivity index (χ0v) is 41.8. The Labute approximate surface area is 384 Å². The molecule has 0 amide bonds. The molecule has 0 aliphatic heterocycles. The van der Waals surface area contributed by atoms with Gasteiger partial charge in [0.1, 0.15) is 0 Å². The van der Waals surface area contributed by atoms with Gasteiger partial charge in [-0.15, -0.1) is 12.8 Å². The summed E-state index contributed by atoms with van der Waals surface area (Å²) in [7, 11) is 0. The summed E-state index contributed by atoms with van der Waals surface area (Å²) in [6.45, 7) is 0. The number of hydrogen-bond acceptors (Lipinski definition) is 2. The van der Waals surface area contributed by atoms with Crippen molar-refractivity contribution in [1.29, 1.82) is 0 Å². The van der Waals surface area contributed by atoms with Crippen molar-refractivity contribution < 1.29 is 0 Å². The SMILES string of the molecule is C#CC#CC#CC#CC#CC#CC#CC#CC#Cc1cc(C#CC#CC#CC#CC#CC#CC#CC#CC#C)cc(C=C2c3c[c]([Sn]([CH3])([CH3])[CH3])sc3-c3s[c]([Sn]([CH3])([CH3])[CH3])cc32)c1. The van der Waals surface area contributed by atoms with Gasteiger partial charge in [0.2, 0.25) is 0 Å². The quantitative estimate of drug-likeness (QED) is 0.163. The summed E-state index contributed by atoms with van der Waals surface area (Å²) in [6.07, 6.45) is 12.3. The summed E-state index contributed by atoms with van der Waals surface area (Å²) in [5, 5.41) is 0. The van der Waals surface area contributed by atoms with Crippen LogP contribution in [0.1, 0.15) is 27.8 Å². The van der Waals surface area contributed by atoms with E-state index in [2.05, 4.69) is 261 Å². The first-order valence-electron chi connectivity index (χ1n) is 18.1. The van der Waals surface area contributed by atoms with E-state index in [-0.39, 0.29) is 0 Å². The van der Waals surface area contributed by atoms with Gasteiger partial charge in [0.05, 0.1) is 0 Å². The maximum atomic E-state index is 5.02. The first-order valence-corrected chi connectivity index (χ1v) is 39.7. The first kappa shape index (κ1) is 46.7. The molecule has 4 heteroatoms. The molecule has 0 nitrogen and oxygen atoms in total. The molecule has 0 bridgehead atoms. The number of rotatable bonds is 3. The number of terminal acetylenes is 2. The summed E-state index contributed by atoms with van der Waals surface area (Å²) in [6, 6.07) is 10.9. The summed E-state index contributed by atoms with van der Waals surface area (Å²) < 4.78 is 3.14. The average Bonchev–Trinajstić information content (AvgIpc) is 3.94. The van der Waals surface area contributed by atoms with E-state index in [1.54, 1.807) is 5.79 Å². The van der Waals surface area contributed by atoms with Crippen LogP contribution in [0, 0.1) is 214 Å². The van der Waals surface area contributed by atoms with Crippen molar-refractivity contribution in [3.8, 4) is 224 Å². The van der Waals surface area contributed by atoms with E-state index in [4.69, 9.17) is 12.8 Å². The van der Waals surface area contributed by atoms with Gasteiger partial charge < -0.3 is 0 Å². The second kappa shape index (κ2) is 24.8. The Morgan fingerprint density at radius 2 is 0.645 bits per heavy atom. The van der Waals surface area contributed by atoms with E-state index in [9.17, 15) is 0 Å². The van der Waals surface area contributed by atoms with Crippen LogP contribution in [-0.2, 0) is 0 Å². The van der Waals surface area contributed by atoms with Gasteiger partial charge >= 0.3 is 222 Å². The van der Waals surface area contributed by atoms with Crippen LogP contribution in [0.15, 0.2) is 30.3 Å². The van der Waals surface area contributed by atoms with Crippen LogP contribution in [0.2, 0.25) is 29.6 Å². The minimum absolute atomic E-state index is 0.751. The number of benzene rings is 1. The molecule has 0 fully saturated rings. The van der Waals surface area contributed by atoms with Crippen molar-refractivity contribution in [1.82, 2.24) is 0 Å². The van der Waals surface area contributed by atoms with E-state index in [1.807, 2.05) is 28.7 Å². The van der Waals surface area contributed by atoms with Gasteiger partial charge in [0.15, 0.2) is 0 Å². The third-order valence-corrected chi connectivity index (χ3v) is 28.6. The predicted octanol–water partition coefficient (Wildman–Crippen LogP) is 6.49. The molecule has 0 radical (unpaired) electrons. The fourth-order valence-electron chi connectivity index (χ4n) is 4.70. The molecule has 1 aromatic carbocycles. The summed E-state index contributed by atoms with van der Waals surface area (Å²) in [5.41, 5.74) is 6.37. The topological polar surface area (TPSA) is 0 Å². The molecule has 0 saturated carbocycles. The van der Waals surface area contributed by atoms with Gasteiger partial charge in [-0.1, -0.05) is 0 Å². The number of fused-ring (bicyclic) bond motifs is 3. The molecule has 4 rings (SSSR count). The Balaban J connectivity index is 1.65. The van der Waals surface area contributed by atoms with Crippen LogP contribution >= 0.6 is 22.7 Å². The molecule has 0 spiro atoms. The van der Waals surface area contributed by atoms with Crippen LogP contribution in [0.3, 0.4) is 0 Å². The molecule has 0 atom stereocenters. The van der Waals surface area contributed by atoms with Gasteiger partial charge in [-0.2, -0.15) is 0 Å². The van der Waals surface area contributed by atoms with Crippen molar-refractivity contribution in [3.63, 3.8) is 0 Å². The zero-order chi connectivity index (χ0) is 44.5. The Morgan fingerprint density at radius 3 is 0.919 bits per heavy atom. The number of thiophene rings is 2. The molecule has 0 N–H and O–H groups in total. The van der Waals surface area contributed by atoms with Gasteiger partial charge in [-0.3, -0.25) is 0 Å². The fraction of sp³-hybridized carbons (Fsp3) is 0.103. The second-order valence-corrected chi connectivity index (χ2v) is 46.8. The predicted molar refractivity (Wildman–Crippen MR) is 267 cm³/mol. The van der Waals surface area contributed by atoms with E-state index in [0.717, 1.165) is 16.7 Å². The van der Waals surface area contributed by atoms with Gasteiger partial charge in [0, 0.05) is 0 Å². The summed E-state index contributed by atoms with van der Waals surface area (Å²) >= 11 is -0.686. The number of hydrogen-bond donors (Lipinski definition) is 0. The van der Waals surface area contributed by atoms with Gasteiger partial charge in [-0.25, -0.2) is 0 Å². The third kappa shape index (κ3) is 16.0. The van der Waals surface area contributed by atoms with Crippen molar-refractivity contribution in [2.75, 3.05) is 0 Å². The van der Waals surface area contributed by atoms with Gasteiger partial charge in [0.25, 0.3) is 0 Å². The Morgan fingerprint density at radius 1 is 0.371 bits per heavy atom. The second-order valence-electron chi connectivity index (χ2n) is 13.9. The molecule has 1 aliphatic carbocycles. The van der Waals surface area contributed by atoms with E-state index in [1.165, 1.54) is 26.5 Å². The Hall–Kier alpha value is -7.96. The van der Waals surface area contributed by atoms with Crippen LogP contribution in [0.5, 0.6) is 0 Å². The molecular weight excluding hydrogens is 998 g/mol. The molecule has 0 saturated heterocycles. The van der Waals surface area contributed by atoms with Crippen molar-refractivity contribution in [2.24, 2.45) is 0 Å². The monoisotopic (exact) mass is 1030 g/mol. The molecule has 3 aromatic rings. The molecule has 2 heterocycles. The summed E-state index contributed by atoms with van der Waals surface area (Å²) in [5.74, 6) is 88.4. The van der Waals surface area contributed by atoms with Crippen molar-refractivity contribution >= 4 is 76.9 Å². The first-order chi connectivity index (χ1) is 30.0. The van der Waals surface area contributed by atoms with Crippen LogP contribution in [-0.4, -0.2) is 36.8 Å². The van der Waals surface area contributed by atoms with Crippen molar-refractivity contribution in [2.45, 2.75) is 29.6 Å². The van der Waals surface area contributed by atoms with E-state index >= 15 is 0 Å². The van der Waals surface area contributed by atoms with E-state index < -0.39 is 36.8 Å². The standard InChI is InChI=1S/C52H8S2.6CH3.2Sn/c1-3-5-7-9-11-13-15-17-19-21-23-25-27-29-31-33-35-45-41-46(36-34-32-30-28-26-24-22-20-18-16-14-12-10-8-6-4-2)43-47(42-45)44-50-48-37-39-53-51(48)52-49(50)38-40-54-52;;;;;;;;/h1-2,37-38,41-44H;6*1H3;;. The maximum absolute atomic E-state index is 5.02. The minimum atomic E-state index is -2.34. The molecule has 2 aromatic heterocycles. The Kier molecular flexibility index (Phi) is 18.7. The van der Waals surface area contributed by atoms with E-state index in [0.29, 0.717) is 0 Å². The summed E-state index contributed by atoms with van der Waals surface area (Å²) in [4.78, 5) is 17.6. The normalized spacial score (nSPS) is 8.29. The molecule has 62 heavy (non-hydrogen) atoms. The molecule has 0 unspecified atom stereocenters. The average molecular weight is 1020 g/mol. The van der Waals surface area contributed by atoms with Crippen LogP contribution < -0.4 is 5.79 Å². The zero-order valence-electron chi connectivity index (χ0n) is 34.4. The Bertz CT molecular complexity index is 3360. The fourth-order valence-corrected chi connectivity index (χ4v) is 17.6.